The summed E-state index contributed by atoms with van der Waals surface area (Å²) in [5.74, 6) is 1.48. The predicted molar refractivity (Wildman–Crippen MR) is 153 cm³/mol. The molecule has 3 aromatic rings. The van der Waals surface area contributed by atoms with E-state index in [1.165, 1.54) is 12.6 Å². The van der Waals surface area contributed by atoms with Crippen molar-refractivity contribution in [1.29, 1.82) is 0 Å². The first kappa shape index (κ1) is 26.0. The lowest BCUT2D eigenvalue weighted by Gasteiger charge is -2.38. The fourth-order valence-corrected chi connectivity index (χ4v) is 6.14. The van der Waals surface area contributed by atoms with Crippen LogP contribution < -0.4 is 15.5 Å². The molecule has 2 fully saturated rings. The Hall–Kier alpha value is -3.26. The first-order chi connectivity index (χ1) is 18.9. The fraction of sp³-hybridized carbons (Fsp3) is 0.444. The molecule has 4 heterocycles. The SMILES string of the molecule is CC1COCCN1c1nc(-c2ccc(NC(=O)NC3(I)CCC3)cc2)nc2c1CN(C(=O)c1cnco1)CC2. The van der Waals surface area contributed by atoms with Crippen LogP contribution in [0.1, 0.15) is 48.0 Å². The number of hydrogen-bond donors (Lipinski definition) is 2. The molecule has 2 N–H and O–H groups in total. The molecule has 204 valence electrons. The van der Waals surface area contributed by atoms with Gasteiger partial charge in [0.15, 0.2) is 12.2 Å². The minimum absolute atomic E-state index is 0.132. The topological polar surface area (TPSA) is 126 Å². The third kappa shape index (κ3) is 5.44. The normalized spacial score (nSPS) is 20.1. The van der Waals surface area contributed by atoms with E-state index < -0.39 is 0 Å². The fourth-order valence-electron chi connectivity index (χ4n) is 5.14. The molecule has 1 aromatic carbocycles. The summed E-state index contributed by atoms with van der Waals surface area (Å²) in [6, 6.07) is 7.52. The van der Waals surface area contributed by atoms with Crippen LogP contribution in [0.5, 0.6) is 0 Å². The summed E-state index contributed by atoms with van der Waals surface area (Å²) in [5.41, 5.74) is 3.45. The van der Waals surface area contributed by atoms with Crippen LogP contribution in [0.2, 0.25) is 0 Å². The summed E-state index contributed by atoms with van der Waals surface area (Å²) in [5, 5.41) is 5.97. The molecule has 1 atom stereocenters. The molecule has 39 heavy (non-hydrogen) atoms. The van der Waals surface area contributed by atoms with Crippen LogP contribution in [0.15, 0.2) is 41.3 Å². The number of nitrogens with zero attached hydrogens (tertiary/aromatic N) is 5. The molecule has 0 spiro atoms. The molecule has 1 saturated heterocycles. The summed E-state index contributed by atoms with van der Waals surface area (Å²) in [6.45, 7) is 4.96. The Morgan fingerprint density at radius 3 is 2.67 bits per heavy atom. The Kier molecular flexibility index (Phi) is 7.14. The maximum Gasteiger partial charge on any atom is 0.320 e. The monoisotopic (exact) mass is 643 g/mol. The third-order valence-electron chi connectivity index (χ3n) is 7.49. The number of benzene rings is 1. The number of anilines is 2. The summed E-state index contributed by atoms with van der Waals surface area (Å²) < 4.78 is 10.8. The zero-order valence-corrected chi connectivity index (χ0v) is 23.8. The van der Waals surface area contributed by atoms with Gasteiger partial charge in [0, 0.05) is 36.3 Å². The van der Waals surface area contributed by atoms with E-state index in [2.05, 4.69) is 50.0 Å². The molecule has 6 rings (SSSR count). The maximum atomic E-state index is 13.0. The van der Waals surface area contributed by atoms with Crippen molar-refractivity contribution in [2.45, 2.75) is 48.7 Å². The van der Waals surface area contributed by atoms with Crippen molar-refractivity contribution in [3.05, 3.63) is 53.9 Å². The van der Waals surface area contributed by atoms with Gasteiger partial charge in [-0.3, -0.25) is 4.79 Å². The summed E-state index contributed by atoms with van der Waals surface area (Å²) in [6.07, 6.45) is 6.44. The van der Waals surface area contributed by atoms with Gasteiger partial charge < -0.3 is 29.6 Å². The van der Waals surface area contributed by atoms with Crippen LogP contribution in [0, 0.1) is 0 Å². The van der Waals surface area contributed by atoms with Crippen molar-refractivity contribution >= 4 is 46.0 Å². The van der Waals surface area contributed by atoms with Gasteiger partial charge in [-0.25, -0.2) is 19.7 Å². The summed E-state index contributed by atoms with van der Waals surface area (Å²) in [4.78, 5) is 43.3. The number of carbonyl (C=O) groups excluding carboxylic acids is 2. The molecule has 12 heteroatoms. The molecule has 2 aromatic heterocycles. The van der Waals surface area contributed by atoms with Crippen LogP contribution in [0.4, 0.5) is 16.3 Å². The molecule has 3 amide bonds. The average Bonchev–Trinajstić information content (AvgIpc) is 3.47. The lowest BCUT2D eigenvalue weighted by Crippen LogP contribution is -2.49. The number of halogens is 1. The second-order valence-electron chi connectivity index (χ2n) is 10.2. The highest BCUT2D eigenvalue weighted by atomic mass is 127. The standard InChI is InChI=1S/C27H30IN7O4/c1-17-15-38-12-11-35(17)24-20-14-34(25(36)22-13-29-16-39-22)10-7-21(20)31-23(32-24)18-3-5-19(6-4-18)30-26(37)33-27(28)8-2-9-27/h3-6,13,16-17H,2,7-12,14-15H2,1H3,(H2,30,33,37). The molecule has 1 saturated carbocycles. The number of morpholine rings is 1. The van der Waals surface area contributed by atoms with E-state index in [4.69, 9.17) is 19.1 Å². The summed E-state index contributed by atoms with van der Waals surface area (Å²) in [7, 11) is 0. The van der Waals surface area contributed by atoms with Crippen molar-refractivity contribution in [3.8, 4) is 11.4 Å². The predicted octanol–water partition coefficient (Wildman–Crippen LogP) is 3.99. The number of hydrogen-bond acceptors (Lipinski definition) is 8. The largest absolute Gasteiger partial charge is 0.438 e. The molecular formula is C27H30IN7O4. The molecular weight excluding hydrogens is 613 g/mol. The van der Waals surface area contributed by atoms with Crippen molar-refractivity contribution in [2.24, 2.45) is 0 Å². The van der Waals surface area contributed by atoms with Gasteiger partial charge in [0.05, 0.1) is 41.2 Å². The molecule has 1 aliphatic carbocycles. The second-order valence-corrected chi connectivity index (χ2v) is 12.3. The maximum absolute atomic E-state index is 13.0. The number of urea groups is 1. The van der Waals surface area contributed by atoms with E-state index in [1.807, 2.05) is 24.3 Å². The Labute approximate surface area is 239 Å². The van der Waals surface area contributed by atoms with E-state index in [0.29, 0.717) is 50.8 Å². The van der Waals surface area contributed by atoms with Crippen molar-refractivity contribution < 1.29 is 18.7 Å². The number of fused-ring (bicyclic) bond motifs is 1. The van der Waals surface area contributed by atoms with Gasteiger partial charge >= 0.3 is 6.03 Å². The number of carbonyl (C=O) groups is 2. The highest BCUT2D eigenvalue weighted by Gasteiger charge is 2.35. The molecule has 0 radical (unpaired) electrons. The van der Waals surface area contributed by atoms with Crippen LogP contribution in [-0.4, -0.2) is 67.7 Å². The van der Waals surface area contributed by atoms with E-state index in [1.54, 1.807) is 4.90 Å². The second kappa shape index (κ2) is 10.7. The highest BCUT2D eigenvalue weighted by molar-refractivity contribution is 14.1. The molecule has 2 aliphatic heterocycles. The average molecular weight is 643 g/mol. The van der Waals surface area contributed by atoms with Gasteiger partial charge in [0.1, 0.15) is 5.82 Å². The summed E-state index contributed by atoms with van der Waals surface area (Å²) >= 11 is 2.32. The van der Waals surface area contributed by atoms with Gasteiger partial charge in [-0.2, -0.15) is 0 Å². The Balaban J connectivity index is 1.27. The minimum Gasteiger partial charge on any atom is -0.438 e. The Bertz CT molecular complexity index is 1360. The minimum atomic E-state index is -0.199. The van der Waals surface area contributed by atoms with Crippen LogP contribution in [-0.2, 0) is 17.7 Å². The third-order valence-corrected chi connectivity index (χ3v) is 8.84. The highest BCUT2D eigenvalue weighted by Crippen LogP contribution is 2.38. The molecule has 0 bridgehead atoms. The quantitative estimate of drug-likeness (QED) is 0.243. The number of rotatable bonds is 5. The number of amides is 3. The van der Waals surface area contributed by atoms with E-state index in [-0.39, 0.29) is 27.3 Å². The lowest BCUT2D eigenvalue weighted by molar-refractivity contribution is 0.0700. The lowest BCUT2D eigenvalue weighted by atomic mass is 9.93. The number of ether oxygens (including phenoxy) is 1. The van der Waals surface area contributed by atoms with Crippen LogP contribution in [0.3, 0.4) is 0 Å². The van der Waals surface area contributed by atoms with Crippen molar-refractivity contribution in [2.75, 3.05) is 36.5 Å². The van der Waals surface area contributed by atoms with Gasteiger partial charge in [-0.05, 0) is 50.5 Å². The van der Waals surface area contributed by atoms with Crippen molar-refractivity contribution in [3.63, 3.8) is 0 Å². The number of alkyl halides is 1. The van der Waals surface area contributed by atoms with E-state index in [9.17, 15) is 9.59 Å². The van der Waals surface area contributed by atoms with Gasteiger partial charge in [0.25, 0.3) is 5.91 Å². The van der Waals surface area contributed by atoms with Gasteiger partial charge in [-0.1, -0.05) is 22.6 Å². The first-order valence-electron chi connectivity index (χ1n) is 13.2. The Morgan fingerprint density at radius 2 is 1.97 bits per heavy atom. The zero-order valence-electron chi connectivity index (χ0n) is 21.7. The molecule has 11 nitrogen and oxygen atoms in total. The van der Waals surface area contributed by atoms with Crippen LogP contribution in [0.25, 0.3) is 11.4 Å². The molecule has 1 unspecified atom stereocenters. The van der Waals surface area contributed by atoms with Crippen LogP contribution >= 0.6 is 22.6 Å². The number of oxazole rings is 1. The van der Waals surface area contributed by atoms with Gasteiger partial charge in [0.2, 0.25) is 5.76 Å². The number of aromatic nitrogens is 3. The van der Waals surface area contributed by atoms with E-state index in [0.717, 1.165) is 41.9 Å². The Morgan fingerprint density at radius 1 is 1.15 bits per heavy atom. The van der Waals surface area contributed by atoms with E-state index >= 15 is 0 Å². The smallest absolute Gasteiger partial charge is 0.320 e. The first-order valence-corrected chi connectivity index (χ1v) is 14.3. The number of nitrogens with one attached hydrogen (secondary N) is 2. The zero-order chi connectivity index (χ0) is 27.0. The van der Waals surface area contributed by atoms with Gasteiger partial charge in [-0.15, -0.1) is 0 Å². The van der Waals surface area contributed by atoms with Crippen molar-refractivity contribution in [1.82, 2.24) is 25.2 Å². The molecule has 3 aliphatic rings.